The number of carbonyl (C=O) groups excluding carboxylic acids is 3. The smallest absolute Gasteiger partial charge is 0.257 e. The second-order valence-corrected chi connectivity index (χ2v) is 10.4. The Hall–Kier alpha value is -2.26. The van der Waals surface area contributed by atoms with Crippen LogP contribution in [0.1, 0.15) is 64.2 Å². The molecule has 2 saturated carbocycles. The van der Waals surface area contributed by atoms with E-state index in [1.54, 1.807) is 4.90 Å². The maximum atomic E-state index is 13.5. The van der Waals surface area contributed by atoms with Gasteiger partial charge < -0.3 is 4.90 Å². The highest BCUT2D eigenvalue weighted by molar-refractivity contribution is 7.89. The van der Waals surface area contributed by atoms with Gasteiger partial charge in [-0.1, -0.05) is 32.1 Å². The van der Waals surface area contributed by atoms with E-state index in [0.29, 0.717) is 5.69 Å². The van der Waals surface area contributed by atoms with E-state index in [4.69, 9.17) is 5.14 Å². The summed E-state index contributed by atoms with van der Waals surface area (Å²) in [6.45, 7) is 0. The standard InChI is InChI=1S/C22H29N3O5S/c23-31(29,30)18-12-10-17(11-13-18)25-20(26)14-19(22(25)28)24(16-8-4-5-9-16)21(27)15-6-2-1-3-7-15/h10-13,15-16,19H,1-9,14H2,(H2,23,29,30). The van der Waals surface area contributed by atoms with E-state index in [2.05, 4.69) is 0 Å². The van der Waals surface area contributed by atoms with Crippen LogP contribution in [0.4, 0.5) is 5.69 Å². The van der Waals surface area contributed by atoms with Crippen LogP contribution in [-0.2, 0) is 24.4 Å². The van der Waals surface area contributed by atoms with Gasteiger partial charge in [-0.15, -0.1) is 0 Å². The monoisotopic (exact) mass is 447 g/mol. The van der Waals surface area contributed by atoms with Crippen LogP contribution >= 0.6 is 0 Å². The van der Waals surface area contributed by atoms with E-state index >= 15 is 0 Å². The first-order valence-corrected chi connectivity index (χ1v) is 12.6. The molecule has 0 aromatic heterocycles. The lowest BCUT2D eigenvalue weighted by Crippen LogP contribution is -2.52. The molecule has 31 heavy (non-hydrogen) atoms. The molecule has 9 heteroatoms. The molecule has 0 spiro atoms. The van der Waals surface area contributed by atoms with Gasteiger partial charge in [0.15, 0.2) is 0 Å². The maximum absolute atomic E-state index is 13.5. The molecule has 1 aliphatic heterocycles. The summed E-state index contributed by atoms with van der Waals surface area (Å²) in [6.07, 6.45) is 8.59. The number of rotatable bonds is 5. The molecule has 0 radical (unpaired) electrons. The molecule has 1 aromatic carbocycles. The molecule has 3 aliphatic rings. The van der Waals surface area contributed by atoms with E-state index in [-0.39, 0.29) is 35.1 Å². The lowest BCUT2D eigenvalue weighted by molar-refractivity contribution is -0.145. The minimum atomic E-state index is -3.87. The first-order valence-electron chi connectivity index (χ1n) is 11.1. The summed E-state index contributed by atoms with van der Waals surface area (Å²) >= 11 is 0. The van der Waals surface area contributed by atoms with Gasteiger partial charge in [-0.3, -0.25) is 14.4 Å². The average Bonchev–Trinajstić information content (AvgIpc) is 3.37. The quantitative estimate of drug-likeness (QED) is 0.695. The molecule has 1 atom stereocenters. The van der Waals surface area contributed by atoms with Gasteiger partial charge in [-0.25, -0.2) is 18.5 Å². The van der Waals surface area contributed by atoms with Crippen LogP contribution in [0, 0.1) is 5.92 Å². The molecule has 1 heterocycles. The number of hydrogen-bond donors (Lipinski definition) is 1. The maximum Gasteiger partial charge on any atom is 0.257 e. The topological polar surface area (TPSA) is 118 Å². The van der Waals surface area contributed by atoms with Gasteiger partial charge in [-0.2, -0.15) is 0 Å². The van der Waals surface area contributed by atoms with Gasteiger partial charge in [0.2, 0.25) is 21.8 Å². The molecule has 1 saturated heterocycles. The third-order valence-electron chi connectivity index (χ3n) is 6.81. The van der Waals surface area contributed by atoms with Gasteiger partial charge in [0.05, 0.1) is 17.0 Å². The van der Waals surface area contributed by atoms with E-state index in [1.807, 2.05) is 0 Å². The number of nitrogens with zero attached hydrogens (tertiary/aromatic N) is 2. The summed E-state index contributed by atoms with van der Waals surface area (Å²) in [5.41, 5.74) is 0.293. The zero-order chi connectivity index (χ0) is 22.2. The van der Waals surface area contributed by atoms with Crippen molar-refractivity contribution in [2.24, 2.45) is 11.1 Å². The molecule has 168 valence electrons. The van der Waals surface area contributed by atoms with Crippen LogP contribution in [0.3, 0.4) is 0 Å². The van der Waals surface area contributed by atoms with Gasteiger partial charge in [0, 0.05) is 12.0 Å². The van der Waals surface area contributed by atoms with Crippen molar-refractivity contribution in [1.29, 1.82) is 0 Å². The summed E-state index contributed by atoms with van der Waals surface area (Å²) in [4.78, 5) is 42.4. The van der Waals surface area contributed by atoms with Crippen molar-refractivity contribution < 1.29 is 22.8 Å². The van der Waals surface area contributed by atoms with Crippen LogP contribution in [0.2, 0.25) is 0 Å². The van der Waals surface area contributed by atoms with Crippen LogP contribution in [0.15, 0.2) is 29.2 Å². The Morgan fingerprint density at radius 3 is 2.10 bits per heavy atom. The number of amides is 3. The number of anilines is 1. The number of sulfonamides is 1. The predicted octanol–water partition coefficient (Wildman–Crippen LogP) is 2.32. The molecule has 3 amide bonds. The number of primary sulfonamides is 1. The fraction of sp³-hybridized carbons (Fsp3) is 0.591. The van der Waals surface area contributed by atoms with Crippen molar-refractivity contribution >= 4 is 33.4 Å². The summed E-state index contributed by atoms with van der Waals surface area (Å²) in [5, 5.41) is 5.13. The minimum absolute atomic E-state index is 0.000820. The summed E-state index contributed by atoms with van der Waals surface area (Å²) < 4.78 is 23.0. The minimum Gasteiger partial charge on any atom is -0.327 e. The largest absolute Gasteiger partial charge is 0.327 e. The summed E-state index contributed by atoms with van der Waals surface area (Å²) in [6, 6.07) is 4.58. The lowest BCUT2D eigenvalue weighted by atomic mass is 9.87. The van der Waals surface area contributed by atoms with Crippen molar-refractivity contribution in [3.63, 3.8) is 0 Å². The number of imide groups is 1. The number of hydrogen-bond acceptors (Lipinski definition) is 5. The SMILES string of the molecule is NS(=O)(=O)c1ccc(N2C(=O)CC(N(C(=O)C3CCCCC3)C3CCCC3)C2=O)cc1. The molecule has 1 unspecified atom stereocenters. The average molecular weight is 448 g/mol. The second kappa shape index (κ2) is 8.70. The van der Waals surface area contributed by atoms with E-state index < -0.39 is 22.0 Å². The number of carbonyl (C=O) groups is 3. The van der Waals surface area contributed by atoms with E-state index in [1.165, 1.54) is 24.3 Å². The summed E-state index contributed by atoms with van der Waals surface area (Å²) in [7, 11) is -3.87. The molecule has 8 nitrogen and oxygen atoms in total. The first-order chi connectivity index (χ1) is 14.8. The third-order valence-corrected chi connectivity index (χ3v) is 7.74. The molecular weight excluding hydrogens is 418 g/mol. The first kappa shape index (κ1) is 22.0. The fourth-order valence-corrected chi connectivity index (χ4v) is 5.74. The molecule has 1 aromatic rings. The van der Waals surface area contributed by atoms with Gasteiger partial charge >= 0.3 is 0 Å². The van der Waals surface area contributed by atoms with Crippen molar-refractivity contribution in [2.45, 2.75) is 81.2 Å². The van der Waals surface area contributed by atoms with Gasteiger partial charge in [-0.05, 0) is 49.9 Å². The van der Waals surface area contributed by atoms with E-state index in [0.717, 1.165) is 62.7 Å². The lowest BCUT2D eigenvalue weighted by Gasteiger charge is -2.36. The Balaban J connectivity index is 1.60. The van der Waals surface area contributed by atoms with Crippen LogP contribution < -0.4 is 10.0 Å². The van der Waals surface area contributed by atoms with Crippen molar-refractivity contribution in [3.05, 3.63) is 24.3 Å². The van der Waals surface area contributed by atoms with Crippen molar-refractivity contribution in [3.8, 4) is 0 Å². The highest BCUT2D eigenvalue weighted by Gasteiger charge is 2.47. The fourth-order valence-electron chi connectivity index (χ4n) is 5.22. The van der Waals surface area contributed by atoms with Gasteiger partial charge in [0.25, 0.3) is 5.91 Å². The highest BCUT2D eigenvalue weighted by Crippen LogP contribution is 2.35. The zero-order valence-electron chi connectivity index (χ0n) is 17.5. The van der Waals surface area contributed by atoms with Gasteiger partial charge in [0.1, 0.15) is 6.04 Å². The Bertz CT molecular complexity index is 963. The van der Waals surface area contributed by atoms with Crippen LogP contribution in [0.5, 0.6) is 0 Å². The molecule has 2 N–H and O–H groups in total. The van der Waals surface area contributed by atoms with Crippen LogP contribution in [0.25, 0.3) is 0 Å². The van der Waals surface area contributed by atoms with Crippen molar-refractivity contribution in [1.82, 2.24) is 4.90 Å². The van der Waals surface area contributed by atoms with Crippen molar-refractivity contribution in [2.75, 3.05) is 4.90 Å². The van der Waals surface area contributed by atoms with E-state index in [9.17, 15) is 22.8 Å². The molecule has 3 fully saturated rings. The molecule has 4 rings (SSSR count). The molecular formula is C22H29N3O5S. The zero-order valence-corrected chi connectivity index (χ0v) is 18.4. The normalized spacial score (nSPS) is 23.5. The molecule has 2 aliphatic carbocycles. The second-order valence-electron chi connectivity index (χ2n) is 8.84. The third kappa shape index (κ3) is 4.39. The Morgan fingerprint density at radius 2 is 1.52 bits per heavy atom. The molecule has 0 bridgehead atoms. The van der Waals surface area contributed by atoms with Crippen LogP contribution in [-0.4, -0.2) is 43.1 Å². The Morgan fingerprint density at radius 1 is 0.935 bits per heavy atom. The summed E-state index contributed by atoms with van der Waals surface area (Å²) in [5.74, 6) is -0.841. The number of benzene rings is 1. The highest BCUT2D eigenvalue weighted by atomic mass is 32.2. The number of nitrogens with two attached hydrogens (primary N) is 1. The Kier molecular flexibility index (Phi) is 6.16. The Labute approximate surface area is 182 Å². The predicted molar refractivity (Wildman–Crippen MR) is 114 cm³/mol.